The molecule has 1 aliphatic rings. The third-order valence-electron chi connectivity index (χ3n) is 3.38. The molecule has 2 heterocycles. The highest BCUT2D eigenvalue weighted by Crippen LogP contribution is 2.28. The topological polar surface area (TPSA) is 92.3 Å². The minimum atomic E-state index is -3.51. The summed E-state index contributed by atoms with van der Waals surface area (Å²) in [6, 6.07) is 7.18. The first-order chi connectivity index (χ1) is 10.4. The molecule has 0 atom stereocenters. The van der Waals surface area contributed by atoms with Crippen molar-refractivity contribution >= 4 is 27.4 Å². The average Bonchev–Trinajstić information content (AvgIpc) is 2.46. The van der Waals surface area contributed by atoms with Crippen LogP contribution in [0.15, 0.2) is 35.6 Å². The molecule has 1 aromatic heterocycles. The number of aromatic nitrogens is 2. The summed E-state index contributed by atoms with van der Waals surface area (Å²) in [5.74, 6) is 0.241. The Labute approximate surface area is 127 Å². The summed E-state index contributed by atoms with van der Waals surface area (Å²) in [4.78, 5) is 21.6. The second-order valence-electron chi connectivity index (χ2n) is 5.10. The minimum absolute atomic E-state index is 0.241. The van der Waals surface area contributed by atoms with Gasteiger partial charge in [0.05, 0.1) is 6.54 Å². The van der Waals surface area contributed by atoms with Crippen molar-refractivity contribution in [1.82, 2.24) is 9.97 Å². The number of aryl methyl sites for hydroxylation is 1. The number of urea groups is 1. The Bertz CT molecular complexity index is 864. The lowest BCUT2D eigenvalue weighted by Crippen LogP contribution is -2.39. The molecule has 0 unspecified atom stereocenters. The minimum Gasteiger partial charge on any atom is -0.291 e. The monoisotopic (exact) mass is 318 g/mol. The number of para-hydroxylation sites is 1. The Kier molecular flexibility index (Phi) is 3.32. The van der Waals surface area contributed by atoms with Crippen molar-refractivity contribution in [1.29, 1.82) is 0 Å². The summed E-state index contributed by atoms with van der Waals surface area (Å²) >= 11 is 0. The lowest BCUT2D eigenvalue weighted by atomic mass is 10.1. The van der Waals surface area contributed by atoms with Crippen LogP contribution in [0, 0.1) is 6.92 Å². The first-order valence-electron chi connectivity index (χ1n) is 6.56. The number of carbonyl (C=O) groups is 1. The van der Waals surface area contributed by atoms with Crippen molar-refractivity contribution in [2.75, 3.05) is 16.5 Å². The van der Waals surface area contributed by atoms with Crippen molar-refractivity contribution in [2.45, 2.75) is 18.6 Å². The smallest absolute Gasteiger partial charge is 0.291 e. The number of nitrogens with zero attached hydrogens (tertiary/aromatic N) is 3. The van der Waals surface area contributed by atoms with E-state index in [1.54, 1.807) is 4.90 Å². The maximum absolute atomic E-state index is 12.3. The quantitative estimate of drug-likeness (QED) is 0.852. The molecule has 0 bridgehead atoms. The highest BCUT2D eigenvalue weighted by Gasteiger charge is 2.27. The van der Waals surface area contributed by atoms with Crippen molar-refractivity contribution < 1.29 is 13.2 Å². The Morgan fingerprint density at radius 3 is 2.68 bits per heavy atom. The number of hydrogen-bond donors (Lipinski definition) is 1. The molecule has 1 N–H and O–H groups in total. The summed E-state index contributed by atoms with van der Waals surface area (Å²) in [5.41, 5.74) is 2.42. The van der Waals surface area contributed by atoms with Crippen LogP contribution in [0.2, 0.25) is 0 Å². The van der Waals surface area contributed by atoms with Crippen LogP contribution in [0.5, 0.6) is 0 Å². The van der Waals surface area contributed by atoms with Crippen LogP contribution in [-0.4, -0.2) is 30.7 Å². The van der Waals surface area contributed by atoms with Crippen LogP contribution < -0.4 is 10.2 Å². The van der Waals surface area contributed by atoms with E-state index in [2.05, 4.69) is 15.3 Å². The fraction of sp³-hybridized carbons (Fsp3) is 0.214. The van der Waals surface area contributed by atoms with E-state index in [0.717, 1.165) is 17.5 Å². The van der Waals surface area contributed by atoms with Crippen LogP contribution in [0.25, 0.3) is 0 Å². The van der Waals surface area contributed by atoms with Gasteiger partial charge in [-0.05, 0) is 18.6 Å². The SMILES string of the molecule is Cc1ccccc1N1Cc2cnc(S(C)(=O)=O)nc2NC1=O. The largest absolute Gasteiger partial charge is 0.327 e. The molecule has 1 aliphatic heterocycles. The third-order valence-corrected chi connectivity index (χ3v) is 4.24. The summed E-state index contributed by atoms with van der Waals surface area (Å²) < 4.78 is 23.0. The van der Waals surface area contributed by atoms with Gasteiger partial charge < -0.3 is 0 Å². The van der Waals surface area contributed by atoms with Gasteiger partial charge in [-0.2, -0.15) is 0 Å². The van der Waals surface area contributed by atoms with E-state index in [9.17, 15) is 13.2 Å². The van der Waals surface area contributed by atoms with Gasteiger partial charge in [0.1, 0.15) is 5.82 Å². The van der Waals surface area contributed by atoms with Gasteiger partial charge in [-0.1, -0.05) is 18.2 Å². The zero-order chi connectivity index (χ0) is 15.9. The number of carbonyl (C=O) groups excluding carboxylic acids is 1. The third kappa shape index (κ3) is 2.52. The molecule has 2 aromatic rings. The summed E-state index contributed by atoms with van der Waals surface area (Å²) in [5, 5.41) is 2.32. The first-order valence-corrected chi connectivity index (χ1v) is 8.45. The maximum Gasteiger partial charge on any atom is 0.327 e. The van der Waals surface area contributed by atoms with Crippen LogP contribution in [0.3, 0.4) is 0 Å². The number of rotatable bonds is 2. The Hall–Kier alpha value is -2.48. The van der Waals surface area contributed by atoms with Crippen molar-refractivity contribution in [2.24, 2.45) is 0 Å². The zero-order valence-electron chi connectivity index (χ0n) is 12.1. The summed E-state index contributed by atoms with van der Waals surface area (Å²) in [7, 11) is -3.51. The molecule has 0 saturated carbocycles. The number of hydrogen-bond acceptors (Lipinski definition) is 5. The summed E-state index contributed by atoms with van der Waals surface area (Å²) in [6.45, 7) is 2.21. The van der Waals surface area contributed by atoms with Crippen LogP contribution in [0.1, 0.15) is 11.1 Å². The van der Waals surface area contributed by atoms with Crippen LogP contribution in [-0.2, 0) is 16.4 Å². The Balaban J connectivity index is 2.01. The molecule has 22 heavy (non-hydrogen) atoms. The molecule has 3 rings (SSSR count). The number of fused-ring (bicyclic) bond motifs is 1. The van der Waals surface area contributed by atoms with Gasteiger partial charge in [-0.3, -0.25) is 10.2 Å². The van der Waals surface area contributed by atoms with Crippen LogP contribution in [0.4, 0.5) is 16.3 Å². The number of benzene rings is 1. The maximum atomic E-state index is 12.3. The Morgan fingerprint density at radius 2 is 2.00 bits per heavy atom. The number of sulfone groups is 1. The van der Waals surface area contributed by atoms with Gasteiger partial charge in [0.25, 0.3) is 0 Å². The molecule has 114 valence electrons. The first kappa shape index (κ1) is 14.5. The van der Waals surface area contributed by atoms with Crippen molar-refractivity contribution in [3.8, 4) is 0 Å². The second kappa shape index (κ2) is 5.06. The predicted molar refractivity (Wildman–Crippen MR) is 81.5 cm³/mol. The summed E-state index contributed by atoms with van der Waals surface area (Å²) in [6.07, 6.45) is 2.46. The number of nitrogens with one attached hydrogen (secondary N) is 1. The van der Waals surface area contributed by atoms with E-state index in [4.69, 9.17) is 0 Å². The van der Waals surface area contributed by atoms with Crippen molar-refractivity contribution in [3.05, 3.63) is 41.6 Å². The molecule has 0 radical (unpaired) electrons. The molecule has 0 spiro atoms. The predicted octanol–water partition coefficient (Wildman–Crippen LogP) is 1.74. The van der Waals surface area contributed by atoms with E-state index in [-0.39, 0.29) is 23.6 Å². The average molecular weight is 318 g/mol. The molecule has 0 aliphatic carbocycles. The lowest BCUT2D eigenvalue weighted by Gasteiger charge is -2.29. The number of anilines is 2. The molecule has 0 fully saturated rings. The van der Waals surface area contributed by atoms with E-state index >= 15 is 0 Å². The molecule has 2 amide bonds. The molecule has 1 aromatic carbocycles. The zero-order valence-corrected chi connectivity index (χ0v) is 12.9. The standard InChI is InChI=1S/C14H14N4O3S/c1-9-5-3-4-6-11(9)18-8-10-7-15-13(22(2,20)21)16-12(10)17-14(18)19/h3-7H,8H2,1-2H3,(H,15,16,17,19). The van der Waals surface area contributed by atoms with E-state index in [1.807, 2.05) is 31.2 Å². The molecular weight excluding hydrogens is 304 g/mol. The van der Waals surface area contributed by atoms with Gasteiger partial charge in [0, 0.05) is 23.7 Å². The van der Waals surface area contributed by atoms with Gasteiger partial charge in [-0.25, -0.2) is 23.2 Å². The van der Waals surface area contributed by atoms with Gasteiger partial charge in [-0.15, -0.1) is 0 Å². The molecule has 0 saturated heterocycles. The highest BCUT2D eigenvalue weighted by molar-refractivity contribution is 7.90. The van der Waals surface area contributed by atoms with Crippen molar-refractivity contribution in [3.63, 3.8) is 0 Å². The van der Waals surface area contributed by atoms with Gasteiger partial charge in [0.15, 0.2) is 0 Å². The van der Waals surface area contributed by atoms with E-state index < -0.39 is 9.84 Å². The second-order valence-corrected chi connectivity index (χ2v) is 7.01. The fourth-order valence-electron chi connectivity index (χ4n) is 2.26. The fourth-order valence-corrected chi connectivity index (χ4v) is 2.77. The molecule has 7 nitrogen and oxygen atoms in total. The molecule has 8 heteroatoms. The van der Waals surface area contributed by atoms with Crippen LogP contribution >= 0.6 is 0 Å². The highest BCUT2D eigenvalue weighted by atomic mass is 32.2. The van der Waals surface area contributed by atoms with Gasteiger partial charge in [0.2, 0.25) is 15.0 Å². The normalized spacial score (nSPS) is 14.5. The molecular formula is C14H14N4O3S. The lowest BCUT2D eigenvalue weighted by molar-refractivity contribution is 0.255. The van der Waals surface area contributed by atoms with Gasteiger partial charge >= 0.3 is 6.03 Å². The van der Waals surface area contributed by atoms with E-state index in [0.29, 0.717) is 5.56 Å². The number of amides is 2. The van der Waals surface area contributed by atoms with E-state index in [1.165, 1.54) is 6.20 Å². The Morgan fingerprint density at radius 1 is 1.27 bits per heavy atom.